The number of hydrogen-bond acceptors (Lipinski definition) is 4. The fourth-order valence-electron chi connectivity index (χ4n) is 2.64. The Hall–Kier alpha value is -1.99. The van der Waals surface area contributed by atoms with E-state index in [9.17, 15) is 9.59 Å². The lowest BCUT2D eigenvalue weighted by molar-refractivity contribution is -0.143. The number of aliphatic carboxylic acids is 1. The molecule has 1 atom stereocenters. The minimum Gasteiger partial charge on any atom is -0.489 e. The number of ether oxygens (including phenoxy) is 2. The summed E-state index contributed by atoms with van der Waals surface area (Å²) in [6.07, 6.45) is 1.25. The van der Waals surface area contributed by atoms with Crippen LogP contribution in [0.15, 0.2) is 18.2 Å². The number of carbonyl (C=O) groups excluding carboxylic acids is 1. The zero-order valence-electron chi connectivity index (χ0n) is 14.2. The molecule has 0 aromatic heterocycles. The maximum atomic E-state index is 12.5. The molecule has 1 aliphatic heterocycles. The summed E-state index contributed by atoms with van der Waals surface area (Å²) in [4.78, 5) is 25.1. The van der Waals surface area contributed by atoms with Crippen LogP contribution in [0.25, 0.3) is 0 Å². The molecule has 8 heteroatoms. The van der Waals surface area contributed by atoms with Crippen LogP contribution < -0.4 is 10.1 Å². The molecule has 25 heavy (non-hydrogen) atoms. The average Bonchev–Trinajstić information content (AvgIpc) is 2.60. The number of nitrogens with zero attached hydrogens (tertiary/aromatic N) is 1. The Morgan fingerprint density at radius 1 is 1.40 bits per heavy atom. The predicted molar refractivity (Wildman–Crippen MR) is 94.4 cm³/mol. The maximum Gasteiger partial charge on any atom is 0.321 e. The molecule has 1 saturated heterocycles. The van der Waals surface area contributed by atoms with Gasteiger partial charge in [-0.1, -0.05) is 11.6 Å². The van der Waals surface area contributed by atoms with Gasteiger partial charge in [-0.25, -0.2) is 4.79 Å². The van der Waals surface area contributed by atoms with Gasteiger partial charge in [-0.05, 0) is 38.0 Å². The summed E-state index contributed by atoms with van der Waals surface area (Å²) in [5, 5.41) is 12.4. The first kappa shape index (κ1) is 19.3. The summed E-state index contributed by atoms with van der Waals surface area (Å²) in [5.41, 5.74) is 0.450. The largest absolute Gasteiger partial charge is 0.489 e. The molecule has 138 valence electrons. The first-order valence-electron chi connectivity index (χ1n) is 8.30. The van der Waals surface area contributed by atoms with Gasteiger partial charge >= 0.3 is 12.0 Å². The second-order valence-corrected chi connectivity index (χ2v) is 6.18. The molecule has 0 radical (unpaired) electrons. The molecular weight excluding hydrogens is 348 g/mol. The minimum absolute atomic E-state index is 0.197. The van der Waals surface area contributed by atoms with E-state index in [4.69, 9.17) is 26.2 Å². The standard InChI is InChI=1S/C17H23ClN2O5/c1-2-24-8-9-25-15-6-5-13(18)10-14(15)19-17(23)20-7-3-4-12(11-20)16(21)22/h5-6,10,12H,2-4,7-9,11H2,1H3,(H,19,23)(H,21,22). The van der Waals surface area contributed by atoms with E-state index in [0.29, 0.717) is 55.7 Å². The van der Waals surface area contributed by atoms with E-state index in [-0.39, 0.29) is 12.6 Å². The maximum absolute atomic E-state index is 12.5. The molecule has 1 aliphatic rings. The smallest absolute Gasteiger partial charge is 0.321 e. The molecule has 2 amide bonds. The minimum atomic E-state index is -0.875. The molecule has 2 rings (SSSR count). The second-order valence-electron chi connectivity index (χ2n) is 5.74. The highest BCUT2D eigenvalue weighted by atomic mass is 35.5. The molecule has 1 aromatic rings. The lowest BCUT2D eigenvalue weighted by Crippen LogP contribution is -2.44. The molecular formula is C17H23ClN2O5. The number of carboxylic acid groups (broad SMARTS) is 1. The molecule has 2 N–H and O–H groups in total. The molecule has 1 heterocycles. The molecule has 1 aromatic carbocycles. The summed E-state index contributed by atoms with van der Waals surface area (Å²) in [7, 11) is 0. The molecule has 1 fully saturated rings. The number of benzene rings is 1. The fraction of sp³-hybridized carbons (Fsp3) is 0.529. The number of halogens is 1. The molecule has 1 unspecified atom stereocenters. The van der Waals surface area contributed by atoms with Crippen molar-refractivity contribution >= 4 is 29.3 Å². The van der Waals surface area contributed by atoms with Crippen molar-refractivity contribution in [3.8, 4) is 5.75 Å². The van der Waals surface area contributed by atoms with Crippen molar-refractivity contribution < 1.29 is 24.2 Å². The first-order valence-corrected chi connectivity index (χ1v) is 8.68. The van der Waals surface area contributed by atoms with E-state index in [1.165, 1.54) is 4.90 Å². The topological polar surface area (TPSA) is 88.1 Å². The summed E-state index contributed by atoms with van der Waals surface area (Å²) < 4.78 is 10.9. The van der Waals surface area contributed by atoms with Gasteiger partial charge in [0.15, 0.2) is 0 Å². The van der Waals surface area contributed by atoms with Crippen molar-refractivity contribution in [3.05, 3.63) is 23.2 Å². The van der Waals surface area contributed by atoms with E-state index in [0.717, 1.165) is 0 Å². The van der Waals surface area contributed by atoms with Crippen LogP contribution >= 0.6 is 11.6 Å². The van der Waals surface area contributed by atoms with Gasteiger partial charge in [0.2, 0.25) is 0 Å². The highest BCUT2D eigenvalue weighted by molar-refractivity contribution is 6.31. The summed E-state index contributed by atoms with van der Waals surface area (Å²) >= 11 is 6.01. The van der Waals surface area contributed by atoms with Crippen LogP contribution in [0.1, 0.15) is 19.8 Å². The Bertz CT molecular complexity index is 611. The molecule has 0 saturated carbocycles. The summed E-state index contributed by atoms with van der Waals surface area (Å²) in [6.45, 7) is 4.02. The van der Waals surface area contributed by atoms with Crippen molar-refractivity contribution in [2.75, 3.05) is 38.2 Å². The third kappa shape index (κ3) is 5.79. The van der Waals surface area contributed by atoms with Crippen LogP contribution in [0, 0.1) is 5.92 Å². The Morgan fingerprint density at radius 3 is 2.92 bits per heavy atom. The zero-order valence-corrected chi connectivity index (χ0v) is 14.9. The van der Waals surface area contributed by atoms with Crippen molar-refractivity contribution in [1.29, 1.82) is 0 Å². The Kier molecular flexibility index (Phi) is 7.33. The Balaban J connectivity index is 2.01. The lowest BCUT2D eigenvalue weighted by Gasteiger charge is -2.30. The van der Waals surface area contributed by atoms with Crippen molar-refractivity contribution in [3.63, 3.8) is 0 Å². The highest BCUT2D eigenvalue weighted by Crippen LogP contribution is 2.29. The number of rotatable bonds is 7. The second kappa shape index (κ2) is 9.48. The van der Waals surface area contributed by atoms with Gasteiger partial charge in [-0.15, -0.1) is 0 Å². The number of urea groups is 1. The third-order valence-electron chi connectivity index (χ3n) is 3.93. The van der Waals surface area contributed by atoms with Crippen LogP contribution in [-0.2, 0) is 9.53 Å². The number of carbonyl (C=O) groups is 2. The van der Waals surface area contributed by atoms with E-state index in [1.807, 2.05) is 6.92 Å². The highest BCUT2D eigenvalue weighted by Gasteiger charge is 2.28. The number of piperidine rings is 1. The quantitative estimate of drug-likeness (QED) is 0.720. The van der Waals surface area contributed by atoms with E-state index in [2.05, 4.69) is 5.32 Å². The van der Waals surface area contributed by atoms with Crippen LogP contribution in [0.4, 0.5) is 10.5 Å². The monoisotopic (exact) mass is 370 g/mol. The molecule has 0 aliphatic carbocycles. The number of amides is 2. The fourth-order valence-corrected chi connectivity index (χ4v) is 2.81. The Morgan fingerprint density at radius 2 is 2.20 bits per heavy atom. The van der Waals surface area contributed by atoms with Gasteiger partial charge in [-0.3, -0.25) is 4.79 Å². The third-order valence-corrected chi connectivity index (χ3v) is 4.17. The van der Waals surface area contributed by atoms with Crippen molar-refractivity contribution in [2.24, 2.45) is 5.92 Å². The van der Waals surface area contributed by atoms with Gasteiger partial charge in [0.05, 0.1) is 18.2 Å². The van der Waals surface area contributed by atoms with Crippen molar-refractivity contribution in [1.82, 2.24) is 4.90 Å². The van der Waals surface area contributed by atoms with E-state index >= 15 is 0 Å². The number of carboxylic acids is 1. The first-order chi connectivity index (χ1) is 12.0. The van der Waals surface area contributed by atoms with E-state index < -0.39 is 11.9 Å². The predicted octanol–water partition coefficient (Wildman–Crippen LogP) is 3.08. The summed E-state index contributed by atoms with van der Waals surface area (Å²) in [5.74, 6) is -0.912. The number of anilines is 1. The van der Waals surface area contributed by atoms with Gasteiger partial charge in [0, 0.05) is 24.7 Å². The average molecular weight is 371 g/mol. The number of likely N-dealkylation sites (tertiary alicyclic amines) is 1. The Labute approximate surface area is 151 Å². The summed E-state index contributed by atoms with van der Waals surface area (Å²) in [6, 6.07) is 4.60. The molecule has 7 nitrogen and oxygen atoms in total. The van der Waals surface area contributed by atoms with Crippen LogP contribution in [0.5, 0.6) is 5.75 Å². The van der Waals surface area contributed by atoms with Gasteiger partial charge < -0.3 is 24.8 Å². The lowest BCUT2D eigenvalue weighted by atomic mass is 9.99. The van der Waals surface area contributed by atoms with Gasteiger partial charge in [0.25, 0.3) is 0 Å². The van der Waals surface area contributed by atoms with Gasteiger partial charge in [-0.2, -0.15) is 0 Å². The SMILES string of the molecule is CCOCCOc1ccc(Cl)cc1NC(=O)N1CCCC(C(=O)O)C1. The van der Waals surface area contributed by atoms with Crippen molar-refractivity contribution in [2.45, 2.75) is 19.8 Å². The molecule has 0 bridgehead atoms. The number of nitrogens with one attached hydrogen (secondary N) is 1. The van der Waals surface area contributed by atoms with Crippen LogP contribution in [-0.4, -0.2) is 54.9 Å². The molecule has 0 spiro atoms. The van der Waals surface area contributed by atoms with Crippen LogP contribution in [0.2, 0.25) is 5.02 Å². The van der Waals surface area contributed by atoms with Crippen LogP contribution in [0.3, 0.4) is 0 Å². The van der Waals surface area contributed by atoms with E-state index in [1.54, 1.807) is 18.2 Å². The number of hydrogen-bond donors (Lipinski definition) is 2. The normalized spacial score (nSPS) is 17.2. The zero-order chi connectivity index (χ0) is 18.2. The van der Waals surface area contributed by atoms with Gasteiger partial charge in [0.1, 0.15) is 12.4 Å².